The van der Waals surface area contributed by atoms with Gasteiger partial charge in [-0.25, -0.2) is 0 Å². The Balaban J connectivity index is 2.79. The molecule has 0 radical (unpaired) electrons. The maximum Gasteiger partial charge on any atom is 0.123 e. The molecule has 0 aliphatic heterocycles. The molecule has 0 heterocycles. The van der Waals surface area contributed by atoms with E-state index in [4.69, 9.17) is 4.74 Å². The molecule has 0 aliphatic rings. The second-order valence-corrected chi connectivity index (χ2v) is 6.21. The first kappa shape index (κ1) is 17.0. The van der Waals surface area contributed by atoms with Gasteiger partial charge in [0.05, 0.1) is 0 Å². The van der Waals surface area contributed by atoms with E-state index in [1.807, 2.05) is 13.0 Å². The summed E-state index contributed by atoms with van der Waals surface area (Å²) >= 11 is 0. The monoisotopic (exact) mass is 279 g/mol. The highest BCUT2D eigenvalue weighted by atomic mass is 16.5. The molecule has 0 amide bonds. The van der Waals surface area contributed by atoms with E-state index >= 15 is 0 Å². The summed E-state index contributed by atoms with van der Waals surface area (Å²) in [7, 11) is 0. The molecule has 0 spiro atoms. The van der Waals surface area contributed by atoms with Gasteiger partial charge in [-0.05, 0) is 35.6 Å². The van der Waals surface area contributed by atoms with Crippen molar-refractivity contribution in [1.82, 2.24) is 5.32 Å². The van der Waals surface area contributed by atoms with Crippen molar-refractivity contribution in [1.29, 1.82) is 0 Å². The average molecular weight is 279 g/mol. The van der Waals surface area contributed by atoms with Crippen molar-refractivity contribution in [2.75, 3.05) is 19.7 Å². The van der Waals surface area contributed by atoms with E-state index in [1.165, 1.54) is 11.1 Å². The van der Waals surface area contributed by atoms with Crippen LogP contribution in [0.5, 0.6) is 5.75 Å². The molecule has 0 bridgehead atoms. The second kappa shape index (κ2) is 7.65. The van der Waals surface area contributed by atoms with Crippen molar-refractivity contribution in [2.24, 2.45) is 0 Å². The van der Waals surface area contributed by atoms with Crippen LogP contribution in [0.3, 0.4) is 0 Å². The van der Waals surface area contributed by atoms with Gasteiger partial charge in [0.1, 0.15) is 18.5 Å². The molecular formula is C17H29NO2. The van der Waals surface area contributed by atoms with Crippen molar-refractivity contribution < 1.29 is 9.84 Å². The summed E-state index contributed by atoms with van der Waals surface area (Å²) in [6.07, 6.45) is 0.542. The Hall–Kier alpha value is -1.06. The van der Waals surface area contributed by atoms with Crippen molar-refractivity contribution in [2.45, 2.75) is 52.6 Å². The quantitative estimate of drug-likeness (QED) is 0.806. The minimum Gasteiger partial charge on any atom is -0.491 e. The van der Waals surface area contributed by atoms with Crippen LogP contribution < -0.4 is 10.1 Å². The van der Waals surface area contributed by atoms with Gasteiger partial charge < -0.3 is 15.2 Å². The Morgan fingerprint density at radius 2 is 1.95 bits per heavy atom. The summed E-state index contributed by atoms with van der Waals surface area (Å²) < 4.78 is 5.83. The maximum absolute atomic E-state index is 9.85. The number of aliphatic hydroxyl groups is 1. The van der Waals surface area contributed by atoms with E-state index in [0.29, 0.717) is 13.2 Å². The molecule has 1 atom stereocenters. The third kappa shape index (κ3) is 5.14. The van der Waals surface area contributed by atoms with Crippen LogP contribution >= 0.6 is 0 Å². The highest BCUT2D eigenvalue weighted by Gasteiger charge is 2.20. The maximum atomic E-state index is 9.85. The minimum atomic E-state index is -0.478. The molecule has 1 unspecified atom stereocenters. The molecule has 3 nitrogen and oxygen atoms in total. The average Bonchev–Trinajstić information content (AvgIpc) is 2.41. The number of aliphatic hydroxyl groups excluding tert-OH is 1. The van der Waals surface area contributed by atoms with Crippen molar-refractivity contribution in [3.8, 4) is 5.75 Å². The van der Waals surface area contributed by atoms with Gasteiger partial charge in [-0.2, -0.15) is 0 Å². The first-order chi connectivity index (χ1) is 9.38. The van der Waals surface area contributed by atoms with Crippen molar-refractivity contribution in [3.05, 3.63) is 29.3 Å². The summed E-state index contributed by atoms with van der Waals surface area (Å²) in [5, 5.41) is 13.0. The standard InChI is InChI=1S/C17H29NO2/c1-6-13-8-9-16(15(10-13)17(3,4)5)20-12-14(19)11-18-7-2/h8-10,14,18-19H,6-7,11-12H2,1-5H3. The predicted molar refractivity (Wildman–Crippen MR) is 84.6 cm³/mol. The third-order valence-corrected chi connectivity index (χ3v) is 3.32. The molecule has 0 saturated carbocycles. The number of rotatable bonds is 7. The zero-order valence-corrected chi connectivity index (χ0v) is 13.5. The molecule has 114 valence electrons. The minimum absolute atomic E-state index is 0.0349. The lowest BCUT2D eigenvalue weighted by Gasteiger charge is -2.24. The van der Waals surface area contributed by atoms with E-state index in [0.717, 1.165) is 18.7 Å². The van der Waals surface area contributed by atoms with Gasteiger partial charge in [0, 0.05) is 6.54 Å². The summed E-state index contributed by atoms with van der Waals surface area (Å²) in [4.78, 5) is 0. The number of nitrogens with one attached hydrogen (secondary N) is 1. The van der Waals surface area contributed by atoms with Crippen LogP contribution in [-0.4, -0.2) is 30.9 Å². The largest absolute Gasteiger partial charge is 0.491 e. The normalized spacial score (nSPS) is 13.3. The molecule has 1 rings (SSSR count). The Labute approximate surface area is 123 Å². The van der Waals surface area contributed by atoms with Gasteiger partial charge in [-0.15, -0.1) is 0 Å². The van der Waals surface area contributed by atoms with Crippen LogP contribution in [0.15, 0.2) is 18.2 Å². The summed E-state index contributed by atoms with van der Waals surface area (Å²) in [5.41, 5.74) is 2.55. The van der Waals surface area contributed by atoms with Crippen LogP contribution in [0.1, 0.15) is 45.7 Å². The van der Waals surface area contributed by atoms with Crippen molar-refractivity contribution in [3.63, 3.8) is 0 Å². The van der Waals surface area contributed by atoms with Crippen LogP contribution in [0.4, 0.5) is 0 Å². The fourth-order valence-corrected chi connectivity index (χ4v) is 2.06. The highest BCUT2D eigenvalue weighted by molar-refractivity contribution is 5.41. The van der Waals surface area contributed by atoms with Gasteiger partial charge in [0.15, 0.2) is 0 Å². The summed E-state index contributed by atoms with van der Waals surface area (Å²) in [6.45, 7) is 12.5. The van der Waals surface area contributed by atoms with Crippen LogP contribution in [0.2, 0.25) is 0 Å². The number of likely N-dealkylation sites (N-methyl/N-ethyl adjacent to an activating group) is 1. The Morgan fingerprint density at radius 1 is 1.25 bits per heavy atom. The van der Waals surface area contributed by atoms with E-state index in [9.17, 15) is 5.11 Å². The van der Waals surface area contributed by atoms with E-state index in [1.54, 1.807) is 0 Å². The van der Waals surface area contributed by atoms with Crippen molar-refractivity contribution >= 4 is 0 Å². The molecule has 20 heavy (non-hydrogen) atoms. The Bertz CT molecular complexity index is 410. The van der Waals surface area contributed by atoms with Gasteiger partial charge in [0.2, 0.25) is 0 Å². The molecular weight excluding hydrogens is 250 g/mol. The summed E-state index contributed by atoms with van der Waals surface area (Å²) in [5.74, 6) is 0.880. The number of hydrogen-bond donors (Lipinski definition) is 2. The number of hydrogen-bond acceptors (Lipinski definition) is 3. The van der Waals surface area contributed by atoms with Gasteiger partial charge in [-0.3, -0.25) is 0 Å². The zero-order chi connectivity index (χ0) is 15.2. The number of ether oxygens (including phenoxy) is 1. The second-order valence-electron chi connectivity index (χ2n) is 6.21. The van der Waals surface area contributed by atoms with E-state index in [2.05, 4.69) is 45.1 Å². The number of aryl methyl sites for hydroxylation is 1. The first-order valence-corrected chi connectivity index (χ1v) is 7.53. The molecule has 0 fully saturated rings. The topological polar surface area (TPSA) is 41.5 Å². The van der Waals surface area contributed by atoms with E-state index < -0.39 is 6.10 Å². The molecule has 0 aromatic heterocycles. The first-order valence-electron chi connectivity index (χ1n) is 7.53. The lowest BCUT2D eigenvalue weighted by molar-refractivity contribution is 0.106. The van der Waals surface area contributed by atoms with Crippen LogP contribution in [0, 0.1) is 0 Å². The van der Waals surface area contributed by atoms with Gasteiger partial charge >= 0.3 is 0 Å². The third-order valence-electron chi connectivity index (χ3n) is 3.32. The SMILES string of the molecule is CCNCC(O)COc1ccc(CC)cc1C(C)(C)C. The lowest BCUT2D eigenvalue weighted by atomic mass is 9.85. The van der Waals surface area contributed by atoms with Crippen LogP contribution in [0.25, 0.3) is 0 Å². The summed E-state index contributed by atoms with van der Waals surface area (Å²) in [6, 6.07) is 6.34. The van der Waals surface area contributed by atoms with Crippen LogP contribution in [-0.2, 0) is 11.8 Å². The predicted octanol–water partition coefficient (Wildman–Crippen LogP) is 2.90. The molecule has 2 N–H and O–H groups in total. The molecule has 0 saturated heterocycles. The fourth-order valence-electron chi connectivity index (χ4n) is 2.06. The zero-order valence-electron chi connectivity index (χ0n) is 13.5. The molecule has 1 aromatic carbocycles. The van der Waals surface area contributed by atoms with Gasteiger partial charge in [0.25, 0.3) is 0 Å². The number of benzene rings is 1. The molecule has 0 aliphatic carbocycles. The lowest BCUT2D eigenvalue weighted by Crippen LogP contribution is -2.31. The highest BCUT2D eigenvalue weighted by Crippen LogP contribution is 2.32. The molecule has 1 aromatic rings. The van der Waals surface area contributed by atoms with Gasteiger partial charge in [-0.1, -0.05) is 46.8 Å². The fraction of sp³-hybridized carbons (Fsp3) is 0.647. The van der Waals surface area contributed by atoms with E-state index in [-0.39, 0.29) is 5.41 Å². The smallest absolute Gasteiger partial charge is 0.123 e. The Kier molecular flexibility index (Phi) is 6.50. The Morgan fingerprint density at radius 3 is 2.50 bits per heavy atom. The molecule has 3 heteroatoms.